The first kappa shape index (κ1) is 9.74. The highest BCUT2D eigenvalue weighted by molar-refractivity contribution is 6.32. The Kier molecular flexibility index (Phi) is 2.89. The minimum atomic E-state index is 0.251. The molecule has 1 atom stereocenters. The zero-order valence-electron chi connectivity index (χ0n) is 7.86. The van der Waals surface area contributed by atoms with E-state index in [1.54, 1.807) is 6.20 Å². The van der Waals surface area contributed by atoms with E-state index in [4.69, 9.17) is 16.7 Å². The summed E-state index contributed by atoms with van der Waals surface area (Å²) in [6.45, 7) is 2.04. The zero-order valence-corrected chi connectivity index (χ0v) is 8.61. The highest BCUT2D eigenvalue weighted by Crippen LogP contribution is 2.27. The molecular weight excluding hydrogens is 200 g/mol. The Morgan fingerprint density at radius 3 is 3.14 bits per heavy atom. The van der Waals surface area contributed by atoms with Crippen molar-refractivity contribution in [3.8, 4) is 0 Å². The Labute approximate surface area is 88.3 Å². The minimum Gasteiger partial charge on any atom is -0.396 e. The van der Waals surface area contributed by atoms with Gasteiger partial charge in [-0.15, -0.1) is 0 Å². The Bertz CT molecular complexity index is 319. The molecule has 1 fully saturated rings. The molecule has 2 rings (SSSR count). The van der Waals surface area contributed by atoms with E-state index in [-0.39, 0.29) is 6.61 Å². The van der Waals surface area contributed by atoms with Crippen LogP contribution in [-0.4, -0.2) is 29.8 Å². The average molecular weight is 213 g/mol. The third kappa shape index (κ3) is 1.83. The maximum atomic E-state index is 9.02. The van der Waals surface area contributed by atoms with Gasteiger partial charge >= 0.3 is 0 Å². The summed E-state index contributed by atoms with van der Waals surface area (Å²) in [6, 6.07) is 3.67. The van der Waals surface area contributed by atoms with Crippen molar-refractivity contribution in [1.29, 1.82) is 0 Å². The predicted octanol–water partition coefficient (Wildman–Crippen LogP) is 1.55. The number of halogens is 1. The van der Waals surface area contributed by atoms with E-state index in [0.717, 1.165) is 25.3 Å². The van der Waals surface area contributed by atoms with Crippen molar-refractivity contribution < 1.29 is 5.11 Å². The van der Waals surface area contributed by atoms with E-state index in [0.29, 0.717) is 10.9 Å². The number of aromatic nitrogens is 1. The fourth-order valence-electron chi connectivity index (χ4n) is 1.78. The van der Waals surface area contributed by atoms with Crippen LogP contribution in [-0.2, 0) is 0 Å². The molecule has 1 aromatic rings. The molecule has 1 N–H and O–H groups in total. The molecule has 3 nitrogen and oxygen atoms in total. The lowest BCUT2D eigenvalue weighted by molar-refractivity contribution is 0.238. The van der Waals surface area contributed by atoms with Gasteiger partial charge in [0, 0.05) is 31.8 Å². The van der Waals surface area contributed by atoms with Crippen molar-refractivity contribution in [2.45, 2.75) is 6.42 Å². The van der Waals surface area contributed by atoms with E-state index < -0.39 is 0 Å². The van der Waals surface area contributed by atoms with Crippen LogP contribution in [0, 0.1) is 5.92 Å². The molecule has 0 spiro atoms. The topological polar surface area (TPSA) is 36.4 Å². The van der Waals surface area contributed by atoms with Crippen molar-refractivity contribution in [2.75, 3.05) is 24.6 Å². The van der Waals surface area contributed by atoms with E-state index in [1.165, 1.54) is 0 Å². The number of hydrogen-bond acceptors (Lipinski definition) is 3. The SMILES string of the molecule is OC[C@@H]1CCN(c2ncccc2Cl)C1. The summed E-state index contributed by atoms with van der Waals surface area (Å²) < 4.78 is 0. The summed E-state index contributed by atoms with van der Waals surface area (Å²) >= 11 is 6.03. The summed E-state index contributed by atoms with van der Waals surface area (Å²) in [5.41, 5.74) is 0. The van der Waals surface area contributed by atoms with Crippen molar-refractivity contribution in [1.82, 2.24) is 4.98 Å². The number of pyridine rings is 1. The Morgan fingerprint density at radius 1 is 1.64 bits per heavy atom. The molecule has 0 unspecified atom stereocenters. The minimum absolute atomic E-state index is 0.251. The molecule has 0 bridgehead atoms. The van der Waals surface area contributed by atoms with Gasteiger partial charge in [-0.25, -0.2) is 4.98 Å². The molecular formula is C10H13ClN2O. The largest absolute Gasteiger partial charge is 0.396 e. The van der Waals surface area contributed by atoms with Crippen LogP contribution >= 0.6 is 11.6 Å². The van der Waals surface area contributed by atoms with Crippen LogP contribution in [0.15, 0.2) is 18.3 Å². The molecule has 0 aliphatic carbocycles. The number of rotatable bonds is 2. The fourth-order valence-corrected chi connectivity index (χ4v) is 2.03. The first-order chi connectivity index (χ1) is 6.81. The van der Waals surface area contributed by atoms with Crippen LogP contribution in [0.4, 0.5) is 5.82 Å². The third-order valence-electron chi connectivity index (χ3n) is 2.58. The molecule has 0 amide bonds. The summed E-state index contributed by atoms with van der Waals surface area (Å²) in [6.07, 6.45) is 2.76. The normalized spacial score (nSPS) is 21.6. The van der Waals surface area contributed by atoms with Gasteiger partial charge in [-0.05, 0) is 18.6 Å². The van der Waals surface area contributed by atoms with Gasteiger partial charge in [0.2, 0.25) is 0 Å². The van der Waals surface area contributed by atoms with Gasteiger partial charge in [0.15, 0.2) is 0 Å². The molecule has 1 aliphatic rings. The zero-order chi connectivity index (χ0) is 9.97. The van der Waals surface area contributed by atoms with Crippen LogP contribution in [0.5, 0.6) is 0 Å². The van der Waals surface area contributed by atoms with Gasteiger partial charge in [-0.3, -0.25) is 0 Å². The lowest BCUT2D eigenvalue weighted by Gasteiger charge is -2.17. The molecule has 1 aliphatic heterocycles. The maximum absolute atomic E-state index is 9.02. The van der Waals surface area contributed by atoms with Crippen molar-refractivity contribution in [3.63, 3.8) is 0 Å². The second-order valence-corrected chi connectivity index (χ2v) is 4.00. The number of aliphatic hydroxyl groups is 1. The van der Waals surface area contributed by atoms with E-state index in [2.05, 4.69) is 9.88 Å². The smallest absolute Gasteiger partial charge is 0.147 e. The monoisotopic (exact) mass is 212 g/mol. The molecule has 1 aromatic heterocycles. The molecule has 2 heterocycles. The maximum Gasteiger partial charge on any atom is 0.147 e. The third-order valence-corrected chi connectivity index (χ3v) is 2.88. The van der Waals surface area contributed by atoms with E-state index >= 15 is 0 Å². The number of nitrogens with zero attached hydrogens (tertiary/aromatic N) is 2. The van der Waals surface area contributed by atoms with E-state index in [1.807, 2.05) is 12.1 Å². The molecule has 0 radical (unpaired) electrons. The standard InChI is InChI=1S/C10H13ClN2O/c11-9-2-1-4-12-10(9)13-5-3-8(6-13)7-14/h1-2,4,8,14H,3,5-7H2/t8-/m1/s1. The highest BCUT2D eigenvalue weighted by atomic mass is 35.5. The van der Waals surface area contributed by atoms with Crippen molar-refractivity contribution in [2.24, 2.45) is 5.92 Å². The van der Waals surface area contributed by atoms with E-state index in [9.17, 15) is 0 Å². The summed E-state index contributed by atoms with van der Waals surface area (Å²) in [7, 11) is 0. The van der Waals surface area contributed by atoms with Crippen molar-refractivity contribution in [3.05, 3.63) is 23.4 Å². The predicted molar refractivity (Wildman–Crippen MR) is 56.7 cm³/mol. The lowest BCUT2D eigenvalue weighted by Crippen LogP contribution is -2.21. The van der Waals surface area contributed by atoms with Crippen LogP contribution in [0.2, 0.25) is 5.02 Å². The van der Waals surface area contributed by atoms with Gasteiger partial charge in [0.25, 0.3) is 0 Å². The number of hydrogen-bond donors (Lipinski definition) is 1. The van der Waals surface area contributed by atoms with Gasteiger partial charge in [0.1, 0.15) is 5.82 Å². The molecule has 14 heavy (non-hydrogen) atoms. The van der Waals surface area contributed by atoms with Gasteiger partial charge in [-0.1, -0.05) is 11.6 Å². The Morgan fingerprint density at radius 2 is 2.50 bits per heavy atom. The molecule has 4 heteroatoms. The summed E-state index contributed by atoms with van der Waals surface area (Å²) in [5, 5.41) is 9.71. The Hall–Kier alpha value is -0.800. The number of anilines is 1. The average Bonchev–Trinajstić information content (AvgIpc) is 2.67. The van der Waals surface area contributed by atoms with Crippen LogP contribution in [0.25, 0.3) is 0 Å². The second kappa shape index (κ2) is 4.15. The van der Waals surface area contributed by atoms with Crippen molar-refractivity contribution >= 4 is 17.4 Å². The van der Waals surface area contributed by atoms with Crippen LogP contribution in [0.3, 0.4) is 0 Å². The van der Waals surface area contributed by atoms with Crippen LogP contribution < -0.4 is 4.90 Å². The Balaban J connectivity index is 2.13. The second-order valence-electron chi connectivity index (χ2n) is 3.59. The van der Waals surface area contributed by atoms with Gasteiger partial charge in [-0.2, -0.15) is 0 Å². The summed E-state index contributed by atoms with van der Waals surface area (Å²) in [4.78, 5) is 6.37. The molecule has 0 aromatic carbocycles. The molecule has 1 saturated heterocycles. The first-order valence-corrected chi connectivity index (χ1v) is 5.15. The summed E-state index contributed by atoms with van der Waals surface area (Å²) in [5.74, 6) is 1.21. The lowest BCUT2D eigenvalue weighted by atomic mass is 10.1. The van der Waals surface area contributed by atoms with Crippen LogP contribution in [0.1, 0.15) is 6.42 Å². The highest BCUT2D eigenvalue weighted by Gasteiger charge is 2.23. The molecule has 0 saturated carbocycles. The molecule has 76 valence electrons. The number of aliphatic hydroxyl groups excluding tert-OH is 1. The fraction of sp³-hybridized carbons (Fsp3) is 0.500. The van der Waals surface area contributed by atoms with Gasteiger partial charge in [0.05, 0.1) is 5.02 Å². The van der Waals surface area contributed by atoms with Gasteiger partial charge < -0.3 is 10.0 Å². The quantitative estimate of drug-likeness (QED) is 0.808. The first-order valence-electron chi connectivity index (χ1n) is 4.77.